The fourth-order valence-electron chi connectivity index (χ4n) is 1.40. The van der Waals surface area contributed by atoms with Gasteiger partial charge in [0.15, 0.2) is 9.84 Å². The molecular formula is C11H24N2O3S. The predicted octanol–water partition coefficient (Wildman–Crippen LogP) is 0.316. The van der Waals surface area contributed by atoms with Crippen LogP contribution in [-0.2, 0) is 14.6 Å². The van der Waals surface area contributed by atoms with Crippen LogP contribution in [0.3, 0.4) is 0 Å². The molecular weight excluding hydrogens is 240 g/mol. The topological polar surface area (TPSA) is 75.3 Å². The molecule has 102 valence electrons. The van der Waals surface area contributed by atoms with Gasteiger partial charge in [-0.15, -0.1) is 0 Å². The van der Waals surface area contributed by atoms with E-state index in [0.717, 1.165) is 19.4 Å². The molecule has 2 N–H and O–H groups in total. The van der Waals surface area contributed by atoms with Gasteiger partial charge in [0.05, 0.1) is 5.75 Å². The van der Waals surface area contributed by atoms with Gasteiger partial charge in [0.25, 0.3) is 0 Å². The van der Waals surface area contributed by atoms with Crippen LogP contribution in [0.5, 0.6) is 0 Å². The van der Waals surface area contributed by atoms with Crippen LogP contribution < -0.4 is 10.6 Å². The highest BCUT2D eigenvalue weighted by atomic mass is 32.2. The summed E-state index contributed by atoms with van der Waals surface area (Å²) in [4.78, 5) is 11.3. The smallest absolute Gasteiger partial charge is 0.235 e. The molecule has 0 aromatic carbocycles. The Morgan fingerprint density at radius 2 is 1.76 bits per heavy atom. The van der Waals surface area contributed by atoms with Crippen LogP contribution in [-0.4, -0.2) is 45.0 Å². The average molecular weight is 264 g/mol. The maximum absolute atomic E-state index is 11.7. The number of carbonyl (C=O) groups excluding carboxylic acids is 1. The summed E-state index contributed by atoms with van der Waals surface area (Å²) in [5.41, 5.74) is 0. The van der Waals surface area contributed by atoms with Gasteiger partial charge in [-0.25, -0.2) is 8.42 Å². The van der Waals surface area contributed by atoms with E-state index in [4.69, 9.17) is 0 Å². The van der Waals surface area contributed by atoms with Crippen LogP contribution in [0.15, 0.2) is 0 Å². The largest absolute Gasteiger partial charge is 0.355 e. The van der Waals surface area contributed by atoms with Gasteiger partial charge in [0, 0.05) is 12.6 Å². The van der Waals surface area contributed by atoms with Crippen molar-refractivity contribution in [2.75, 3.05) is 24.6 Å². The van der Waals surface area contributed by atoms with Crippen LogP contribution in [0.4, 0.5) is 0 Å². The van der Waals surface area contributed by atoms with E-state index in [0.29, 0.717) is 6.54 Å². The SMILES string of the molecule is CCCNC(=O)CS(=O)(=O)CC(C)NCCC. The van der Waals surface area contributed by atoms with Gasteiger partial charge >= 0.3 is 0 Å². The number of nitrogens with one attached hydrogen (secondary N) is 2. The van der Waals surface area contributed by atoms with Gasteiger partial charge < -0.3 is 10.6 Å². The average Bonchev–Trinajstić information content (AvgIpc) is 2.22. The molecule has 0 rings (SSSR count). The molecule has 1 amide bonds. The fraction of sp³-hybridized carbons (Fsp3) is 0.909. The lowest BCUT2D eigenvalue weighted by molar-refractivity contribution is -0.118. The van der Waals surface area contributed by atoms with Crippen molar-refractivity contribution in [1.82, 2.24) is 10.6 Å². The third kappa shape index (κ3) is 9.12. The molecule has 0 fully saturated rings. The zero-order valence-corrected chi connectivity index (χ0v) is 11.8. The van der Waals surface area contributed by atoms with E-state index in [1.165, 1.54) is 0 Å². The number of amides is 1. The van der Waals surface area contributed by atoms with Crippen molar-refractivity contribution in [3.8, 4) is 0 Å². The first kappa shape index (κ1) is 16.4. The Morgan fingerprint density at radius 3 is 2.29 bits per heavy atom. The molecule has 0 aromatic rings. The molecule has 0 aliphatic rings. The van der Waals surface area contributed by atoms with E-state index in [1.54, 1.807) is 0 Å². The number of hydrogen-bond acceptors (Lipinski definition) is 4. The van der Waals surface area contributed by atoms with Crippen molar-refractivity contribution in [2.45, 2.75) is 39.7 Å². The molecule has 0 bridgehead atoms. The molecule has 5 nitrogen and oxygen atoms in total. The Morgan fingerprint density at radius 1 is 1.18 bits per heavy atom. The second kappa shape index (κ2) is 8.47. The Bertz CT molecular complexity index is 315. The first-order valence-electron chi connectivity index (χ1n) is 6.11. The lowest BCUT2D eigenvalue weighted by Gasteiger charge is -2.13. The van der Waals surface area contributed by atoms with Gasteiger partial charge in [-0.3, -0.25) is 4.79 Å². The number of rotatable bonds is 9. The van der Waals surface area contributed by atoms with Gasteiger partial charge in [-0.1, -0.05) is 13.8 Å². The van der Waals surface area contributed by atoms with Crippen LogP contribution in [0.1, 0.15) is 33.6 Å². The molecule has 17 heavy (non-hydrogen) atoms. The summed E-state index contributed by atoms with van der Waals surface area (Å²) in [6.07, 6.45) is 1.77. The predicted molar refractivity (Wildman–Crippen MR) is 69.7 cm³/mol. The maximum atomic E-state index is 11.7. The third-order valence-corrected chi connectivity index (χ3v) is 3.88. The van der Waals surface area contributed by atoms with E-state index in [1.807, 2.05) is 20.8 Å². The Kier molecular flexibility index (Phi) is 8.16. The Balaban J connectivity index is 4.06. The van der Waals surface area contributed by atoms with Crippen LogP contribution in [0.2, 0.25) is 0 Å². The molecule has 0 aliphatic carbocycles. The molecule has 0 saturated carbocycles. The molecule has 6 heteroatoms. The number of hydrogen-bond donors (Lipinski definition) is 2. The zero-order valence-electron chi connectivity index (χ0n) is 11.0. The van der Waals surface area contributed by atoms with Gasteiger partial charge in [-0.05, 0) is 26.3 Å². The van der Waals surface area contributed by atoms with E-state index >= 15 is 0 Å². The normalized spacial score (nSPS) is 13.4. The third-order valence-electron chi connectivity index (χ3n) is 2.17. The summed E-state index contributed by atoms with van der Waals surface area (Å²) >= 11 is 0. The van der Waals surface area contributed by atoms with Crippen LogP contribution >= 0.6 is 0 Å². The molecule has 0 heterocycles. The second-order valence-corrected chi connectivity index (χ2v) is 6.37. The molecule has 0 aromatic heterocycles. The minimum Gasteiger partial charge on any atom is -0.355 e. The molecule has 0 spiro atoms. The summed E-state index contributed by atoms with van der Waals surface area (Å²) in [7, 11) is -3.32. The standard InChI is InChI=1S/C11H24N2O3S/c1-4-6-12-10(3)8-17(15,16)9-11(14)13-7-5-2/h10,12H,4-9H2,1-3H3,(H,13,14). The first-order chi connectivity index (χ1) is 7.91. The van der Waals surface area contributed by atoms with Crippen molar-refractivity contribution in [2.24, 2.45) is 0 Å². The van der Waals surface area contributed by atoms with Crippen LogP contribution in [0.25, 0.3) is 0 Å². The second-order valence-electron chi connectivity index (χ2n) is 4.26. The van der Waals surface area contributed by atoms with Crippen LogP contribution in [0, 0.1) is 0 Å². The highest BCUT2D eigenvalue weighted by Crippen LogP contribution is 1.95. The van der Waals surface area contributed by atoms with Crippen molar-refractivity contribution < 1.29 is 13.2 Å². The van der Waals surface area contributed by atoms with Gasteiger partial charge in [0.2, 0.25) is 5.91 Å². The summed E-state index contributed by atoms with van der Waals surface area (Å²) < 4.78 is 23.4. The molecule has 0 radical (unpaired) electrons. The van der Waals surface area contributed by atoms with Crippen molar-refractivity contribution in [3.63, 3.8) is 0 Å². The van der Waals surface area contributed by atoms with Crippen molar-refractivity contribution in [1.29, 1.82) is 0 Å². The summed E-state index contributed by atoms with van der Waals surface area (Å²) in [6, 6.07) is -0.112. The minimum absolute atomic E-state index is 0.00649. The van der Waals surface area contributed by atoms with Gasteiger partial charge in [0.1, 0.15) is 5.75 Å². The molecule has 1 unspecified atom stereocenters. The highest BCUT2D eigenvalue weighted by molar-refractivity contribution is 7.92. The Labute approximate surface area is 104 Å². The maximum Gasteiger partial charge on any atom is 0.235 e. The van der Waals surface area contributed by atoms with Crippen molar-refractivity contribution in [3.05, 3.63) is 0 Å². The summed E-state index contributed by atoms with van der Waals surface area (Å²) in [5.74, 6) is -0.813. The quantitative estimate of drug-likeness (QED) is 0.629. The fourth-order valence-corrected chi connectivity index (χ4v) is 2.90. The highest BCUT2D eigenvalue weighted by Gasteiger charge is 2.19. The number of carbonyl (C=O) groups is 1. The van der Waals surface area contributed by atoms with E-state index in [-0.39, 0.29) is 11.8 Å². The van der Waals surface area contributed by atoms with E-state index in [9.17, 15) is 13.2 Å². The lowest BCUT2D eigenvalue weighted by Crippen LogP contribution is -2.38. The summed E-state index contributed by atoms with van der Waals surface area (Å²) in [6.45, 7) is 7.08. The first-order valence-corrected chi connectivity index (χ1v) is 7.94. The summed E-state index contributed by atoms with van der Waals surface area (Å²) in [5, 5.41) is 5.66. The molecule has 1 atom stereocenters. The minimum atomic E-state index is -3.32. The Hall–Kier alpha value is -0.620. The zero-order chi connectivity index (χ0) is 13.3. The molecule has 0 saturated heterocycles. The van der Waals surface area contributed by atoms with Gasteiger partial charge in [-0.2, -0.15) is 0 Å². The molecule has 0 aliphatic heterocycles. The van der Waals surface area contributed by atoms with Crippen molar-refractivity contribution >= 4 is 15.7 Å². The van der Waals surface area contributed by atoms with E-state index in [2.05, 4.69) is 10.6 Å². The number of sulfone groups is 1. The van der Waals surface area contributed by atoms with E-state index < -0.39 is 21.5 Å². The monoisotopic (exact) mass is 264 g/mol. The lowest BCUT2D eigenvalue weighted by atomic mass is 10.3.